The third kappa shape index (κ3) is 12.7. The zero-order valence-electron chi connectivity index (χ0n) is 43.6. The van der Waals surface area contributed by atoms with Crippen molar-refractivity contribution in [2.75, 3.05) is 30.0 Å². The Morgan fingerprint density at radius 3 is 1.92 bits per heavy atom. The van der Waals surface area contributed by atoms with E-state index in [9.17, 15) is 39.6 Å². The highest BCUT2D eigenvalue weighted by Gasteiger charge is 2.77. The van der Waals surface area contributed by atoms with Crippen molar-refractivity contribution in [1.82, 2.24) is 0 Å². The number of benzene rings is 4. The van der Waals surface area contributed by atoms with Crippen molar-refractivity contribution in [1.29, 1.82) is 0 Å². The first kappa shape index (κ1) is 59.7. The van der Waals surface area contributed by atoms with Gasteiger partial charge < -0.3 is 9.45 Å². The van der Waals surface area contributed by atoms with Gasteiger partial charge in [0, 0.05) is 64.4 Å². The van der Waals surface area contributed by atoms with Gasteiger partial charge in [-0.2, -0.15) is 35.3 Å². The molecule has 2 atom stereocenters. The molecule has 73 heavy (non-hydrogen) atoms. The number of nitrogens with zero attached hydrogens (tertiary/aromatic N) is 2. The Labute approximate surface area is 435 Å². The molecule has 0 saturated heterocycles. The van der Waals surface area contributed by atoms with Gasteiger partial charge >= 0.3 is 24.4 Å². The van der Waals surface area contributed by atoms with Gasteiger partial charge in [-0.15, -0.1) is 16.7 Å². The summed E-state index contributed by atoms with van der Waals surface area (Å²) in [6.45, 7) is 21.3. The molecule has 4 aromatic rings. The molecular weight excluding hydrogens is 992 g/mol. The molecule has 7 rings (SSSR count). The number of rotatable bonds is 19. The van der Waals surface area contributed by atoms with Gasteiger partial charge in [-0.3, -0.25) is 0 Å². The predicted molar refractivity (Wildman–Crippen MR) is 287 cm³/mol. The fourth-order valence-electron chi connectivity index (χ4n) is 10.2. The van der Waals surface area contributed by atoms with Crippen LogP contribution in [0, 0.1) is 5.92 Å². The third-order valence-electron chi connectivity index (χ3n) is 14.3. The zero-order chi connectivity index (χ0) is 53.9. The minimum absolute atomic E-state index is 0.0847. The molecule has 0 amide bonds. The number of hydrogen-bond acceptors (Lipinski definition) is 5. The molecule has 0 spiro atoms. The average Bonchev–Trinajstić information content (AvgIpc) is 3.93. The van der Waals surface area contributed by atoms with Crippen LogP contribution >= 0.6 is 23.8 Å². The zero-order valence-corrected chi connectivity index (χ0v) is 45.2. The molecule has 400 valence electrons. The number of alkyl halides is 8. The maximum Gasteiger partial charge on any atom is 0.460 e. The fraction of sp³-hybridized carbons (Fsp3) is 0.500. The summed E-state index contributed by atoms with van der Waals surface area (Å²) in [6.07, 6.45) is 12.4. The molecule has 2 aliphatic heterocycles. The average molecular weight is 1060 g/mol. The quantitative estimate of drug-likeness (QED) is 0.0575. The van der Waals surface area contributed by atoms with Crippen LogP contribution in [0.25, 0.3) is 21.5 Å². The van der Waals surface area contributed by atoms with Crippen LogP contribution < -0.4 is 4.90 Å². The van der Waals surface area contributed by atoms with Crippen molar-refractivity contribution in [3.8, 4) is 0 Å². The first-order valence-corrected chi connectivity index (χ1v) is 27.6. The van der Waals surface area contributed by atoms with Crippen LogP contribution in [0.4, 0.5) is 51.0 Å². The van der Waals surface area contributed by atoms with E-state index < -0.39 is 24.4 Å². The number of halogens is 9. The highest BCUT2D eigenvalue weighted by Crippen LogP contribution is 2.52. The third-order valence-corrected chi connectivity index (χ3v) is 15.7. The maximum absolute atomic E-state index is 11.9. The molecule has 1 aliphatic carbocycles. The highest BCUT2D eigenvalue weighted by atomic mass is 32.2. The van der Waals surface area contributed by atoms with Crippen molar-refractivity contribution < 1.29 is 53.7 Å². The van der Waals surface area contributed by atoms with Crippen LogP contribution in [-0.2, 0) is 15.8 Å². The topological polar surface area (TPSA) is 35.7 Å². The van der Waals surface area contributed by atoms with Gasteiger partial charge in [0.1, 0.15) is 6.54 Å². The van der Waals surface area contributed by atoms with E-state index in [0.29, 0.717) is 0 Å². The molecule has 0 aromatic heterocycles. The molecule has 0 fully saturated rings. The second kappa shape index (κ2) is 25.6. The Hall–Kier alpha value is -4.18. The summed E-state index contributed by atoms with van der Waals surface area (Å²) in [5.41, 5.74) is 11.5. The van der Waals surface area contributed by atoms with E-state index in [0.717, 1.165) is 43.9 Å². The van der Waals surface area contributed by atoms with E-state index in [1.165, 1.54) is 129 Å². The molecular formula is C58H72F9N2O2S2+. The van der Waals surface area contributed by atoms with Crippen LogP contribution in [0.15, 0.2) is 119 Å². The van der Waals surface area contributed by atoms with Gasteiger partial charge in [0.05, 0.1) is 5.41 Å². The van der Waals surface area contributed by atoms with Crippen LogP contribution in [0.3, 0.4) is 0 Å². The smallest absolute Gasteiger partial charge is 0.344 e. The molecule has 3 aliphatic rings. The summed E-state index contributed by atoms with van der Waals surface area (Å²) in [4.78, 5) is 5.78. The van der Waals surface area contributed by atoms with Gasteiger partial charge in [0.25, 0.3) is 0 Å². The lowest BCUT2D eigenvalue weighted by molar-refractivity contribution is -0.438. The first-order valence-electron chi connectivity index (χ1n) is 25.4. The van der Waals surface area contributed by atoms with Crippen LogP contribution in [0.2, 0.25) is 0 Å². The number of hydrogen-bond donors (Lipinski definition) is 1. The molecule has 1 N–H and O–H groups in total. The largest absolute Gasteiger partial charge is 0.460 e. The molecule has 15 heteroatoms. The lowest BCUT2D eigenvalue weighted by atomic mass is 9.79. The summed E-state index contributed by atoms with van der Waals surface area (Å²) in [6, 6.07) is 27.4. The summed E-state index contributed by atoms with van der Waals surface area (Å²) < 4.78 is 114. The summed E-state index contributed by atoms with van der Waals surface area (Å²) in [7, 11) is 0. The van der Waals surface area contributed by atoms with Crippen molar-refractivity contribution >= 4 is 62.4 Å². The number of allylic oxidation sites excluding steroid dienone is 7. The Kier molecular flexibility index (Phi) is 20.9. The number of unbranched alkanes of at least 4 members (excludes halogenated alkanes) is 3. The fourth-order valence-corrected chi connectivity index (χ4v) is 11.8. The van der Waals surface area contributed by atoms with Gasteiger partial charge in [-0.05, 0) is 118 Å². The van der Waals surface area contributed by atoms with Gasteiger partial charge in [-0.25, -0.2) is 4.39 Å². The van der Waals surface area contributed by atoms with Crippen molar-refractivity contribution in [2.24, 2.45) is 5.92 Å². The Morgan fingerprint density at radius 2 is 1.34 bits per heavy atom. The second-order valence-electron chi connectivity index (χ2n) is 19.9. The predicted octanol–water partition coefficient (Wildman–Crippen LogP) is 19.0. The maximum atomic E-state index is 11.9. The van der Waals surface area contributed by atoms with Crippen molar-refractivity contribution in [3.05, 3.63) is 130 Å². The molecule has 4 aromatic carbocycles. The van der Waals surface area contributed by atoms with E-state index in [1.807, 2.05) is 0 Å². The first-order chi connectivity index (χ1) is 34.5. The summed E-state index contributed by atoms with van der Waals surface area (Å²) >= 11 is 2.90. The minimum atomic E-state index is -6.72. The number of fused-ring (bicyclic) bond motifs is 6. The Bertz CT molecular complexity index is 2670. The molecule has 2 unspecified atom stereocenters. The lowest BCUT2D eigenvalue weighted by Gasteiger charge is -2.28. The van der Waals surface area contributed by atoms with Crippen LogP contribution in [0.1, 0.15) is 131 Å². The summed E-state index contributed by atoms with van der Waals surface area (Å²) in [5, 5.41) is 5.46. The molecule has 4 nitrogen and oxygen atoms in total. The van der Waals surface area contributed by atoms with Gasteiger partial charge in [0.15, 0.2) is 5.71 Å². The van der Waals surface area contributed by atoms with Crippen LogP contribution in [0.5, 0.6) is 0 Å². The normalized spacial score (nSPS) is 18.4. The molecule has 0 radical (unpaired) electrons. The summed E-state index contributed by atoms with van der Waals surface area (Å²) in [5.74, 6) is -11.1. The van der Waals surface area contributed by atoms with E-state index in [1.54, 1.807) is 11.2 Å². The van der Waals surface area contributed by atoms with E-state index in [4.69, 9.17) is 4.55 Å². The standard InChI is InChI=1S/C53H67N2S.C4HF9O.CH4OS/c1-9-13-20-38(12-4)37-56-51-41(29-33-47-52(5,6)49-43-23-18-16-21-39(43)27-31-45(49)54(47)35-14-10-2)25-26-42(51)30-34-48-53(7,8)50-44-24-19-17-22-40(44)28-32-46(50)55(48)36-15-11-3;5-1(14-13)2(6,7)3(8,9)4(10,11)12;1-3-2/h16-19,21-24,27-34,38H,9-15,20,25-26,35-37H2,1-8H3;1H;2H,1H3/q+1;;. The van der Waals surface area contributed by atoms with Gasteiger partial charge in [-0.1, -0.05) is 140 Å². The SMILES string of the molecule is CCCCC(CC)CSC1=C(/C=C/C2=[N+](CCCC)c3ccc4ccccc4c3C2(C)C)CC/C1=C\C=C1\N(CCCC)c2ccc3ccccc3c2C1(C)C.CSO.FOC(F)C(F)(F)C(F)(F)C(F)(F)F. The second-order valence-corrected chi connectivity index (χ2v) is 21.3. The number of thioether (sulfide) groups is 1. The van der Waals surface area contributed by atoms with Crippen molar-refractivity contribution in [3.63, 3.8) is 0 Å². The van der Waals surface area contributed by atoms with Gasteiger partial charge in [0.2, 0.25) is 5.69 Å². The molecule has 0 bridgehead atoms. The van der Waals surface area contributed by atoms with Crippen molar-refractivity contribution in [2.45, 2.75) is 155 Å². The monoisotopic (exact) mass is 1060 g/mol. The van der Waals surface area contributed by atoms with Crippen LogP contribution in [-0.4, -0.2) is 64.3 Å². The van der Waals surface area contributed by atoms with E-state index >= 15 is 0 Å². The molecule has 0 saturated carbocycles. The molecule has 2 heterocycles. The number of anilines is 1. The van der Waals surface area contributed by atoms with E-state index in [-0.39, 0.29) is 10.8 Å². The Balaban J connectivity index is 0.000000500. The highest BCUT2D eigenvalue weighted by molar-refractivity contribution is 8.03. The lowest BCUT2D eigenvalue weighted by Crippen LogP contribution is -2.56. The van der Waals surface area contributed by atoms with E-state index in [2.05, 4.69) is 174 Å². The minimum Gasteiger partial charge on any atom is -0.344 e. The Morgan fingerprint density at radius 1 is 0.753 bits per heavy atom.